The zero-order valence-electron chi connectivity index (χ0n) is 40.6. The molecule has 0 unspecified atom stereocenters. The summed E-state index contributed by atoms with van der Waals surface area (Å²) < 4.78 is 98.6. The van der Waals surface area contributed by atoms with E-state index in [-0.39, 0.29) is 41.8 Å². The molecule has 3 N–H and O–H groups in total. The Hall–Kier alpha value is -4.85. The van der Waals surface area contributed by atoms with Crippen molar-refractivity contribution < 1.29 is 68.7 Å². The number of ether oxygens (including phenoxy) is 5. The number of allylic oxidation sites excluding steroid dienone is 1. The Balaban J connectivity index is 0.00000341. The molecule has 2 aliphatic carbocycles. The molecule has 2 saturated carbocycles. The molecule has 3 fully saturated rings. The maximum absolute atomic E-state index is 15.0. The monoisotopic (exact) mass is 976 g/mol. The molecule has 4 amide bonds. The largest absolute Gasteiger partial charge is 0.497 e. The Labute approximate surface area is 397 Å². The highest BCUT2D eigenvalue weighted by Crippen LogP contribution is 2.49. The maximum Gasteiger partial charge on any atom is 0.427 e. The molecule has 1 aromatic carbocycles. The Morgan fingerprint density at radius 2 is 1.75 bits per heavy atom. The summed E-state index contributed by atoms with van der Waals surface area (Å²) in [6, 6.07) is 3.75. The Kier molecular flexibility index (Phi) is 18.4. The summed E-state index contributed by atoms with van der Waals surface area (Å²) in [5.41, 5.74) is -4.64. The van der Waals surface area contributed by atoms with E-state index in [1.807, 2.05) is 34.6 Å². The van der Waals surface area contributed by atoms with E-state index in [9.17, 15) is 40.8 Å². The van der Waals surface area contributed by atoms with Gasteiger partial charge in [0.2, 0.25) is 39.2 Å². The minimum absolute atomic E-state index is 0. The summed E-state index contributed by atoms with van der Waals surface area (Å²) in [6.07, 6.45) is -2.16. The molecular weight excluding hydrogens is 900 g/mol. The molecule has 20 heteroatoms. The lowest BCUT2D eigenvalue weighted by Crippen LogP contribution is -2.61. The van der Waals surface area contributed by atoms with Crippen molar-refractivity contribution in [3.8, 4) is 17.5 Å². The number of nitrogens with zero attached hydrogens (tertiary/aromatic N) is 2. The number of hydrogen-bond donors (Lipinski definition) is 3. The summed E-state index contributed by atoms with van der Waals surface area (Å²) in [5, 5.41) is 6.31. The van der Waals surface area contributed by atoms with Gasteiger partial charge in [-0.05, 0) is 89.3 Å². The van der Waals surface area contributed by atoms with Gasteiger partial charge in [0.15, 0.2) is 0 Å². The van der Waals surface area contributed by atoms with Crippen LogP contribution in [0.4, 0.5) is 18.0 Å². The number of pyridine rings is 1. The molecule has 2 aliphatic heterocycles. The molecule has 1 saturated heterocycles. The number of carbonyl (C=O) groups excluding carboxylic acids is 4. The topological polar surface area (TPSA) is 201 Å². The van der Waals surface area contributed by atoms with Gasteiger partial charge in [-0.25, -0.2) is 13.2 Å². The van der Waals surface area contributed by atoms with Gasteiger partial charge in [0.1, 0.15) is 29.5 Å². The predicted molar refractivity (Wildman–Crippen MR) is 252 cm³/mol. The fourth-order valence-electron chi connectivity index (χ4n) is 8.24. The molecule has 6 rings (SSSR count). The molecule has 0 bridgehead atoms. The van der Waals surface area contributed by atoms with Crippen LogP contribution in [-0.2, 0) is 33.9 Å². The van der Waals surface area contributed by atoms with Crippen LogP contribution in [0, 0.1) is 5.92 Å². The van der Waals surface area contributed by atoms with E-state index in [0.29, 0.717) is 68.9 Å². The number of methoxy groups -OCH3 is 2. The Morgan fingerprint density at radius 3 is 2.34 bits per heavy atom. The second-order valence-corrected chi connectivity index (χ2v) is 19.5. The van der Waals surface area contributed by atoms with Crippen LogP contribution in [0.15, 0.2) is 36.4 Å². The summed E-state index contributed by atoms with van der Waals surface area (Å²) >= 11 is 0. The van der Waals surface area contributed by atoms with Crippen LogP contribution >= 0.6 is 0 Å². The van der Waals surface area contributed by atoms with Gasteiger partial charge in [0.25, 0.3) is 5.91 Å². The first-order valence-electron chi connectivity index (χ1n) is 23.4. The van der Waals surface area contributed by atoms with Crippen molar-refractivity contribution >= 4 is 44.6 Å². The first-order valence-corrected chi connectivity index (χ1v) is 24.9. The molecule has 1 aromatic heterocycles. The number of aromatic nitrogens is 1. The molecule has 3 heterocycles. The normalized spacial score (nSPS) is 26.5. The van der Waals surface area contributed by atoms with Crippen LogP contribution < -0.4 is 29.6 Å². The van der Waals surface area contributed by atoms with E-state index >= 15 is 0 Å². The number of unbranched alkanes of at least 4 members (excludes halogenated alkanes) is 1. The summed E-state index contributed by atoms with van der Waals surface area (Å²) in [5.74, 6) is -2.41. The van der Waals surface area contributed by atoms with Crippen LogP contribution in [0.1, 0.15) is 131 Å². The number of alkyl carbamates (subject to hydrolysis) is 1. The molecule has 382 valence electrons. The average Bonchev–Trinajstić information content (AvgIpc) is 4.20. The minimum Gasteiger partial charge on any atom is -0.497 e. The average molecular weight is 976 g/mol. The number of rotatable bonds is 13. The van der Waals surface area contributed by atoms with E-state index < -0.39 is 92.2 Å². The van der Waals surface area contributed by atoms with Crippen LogP contribution in [0.25, 0.3) is 10.8 Å². The zero-order chi connectivity index (χ0) is 50.1. The van der Waals surface area contributed by atoms with Gasteiger partial charge in [-0.3, -0.25) is 19.1 Å². The SMILES string of the molecule is CC.CC.CCCCC1(S(=O)(=O)NC(=O)[C@@]23C[C@H]2/C=C\CC[C@@H](C)O[C@@H](CC)[C@H](NC(=O)OC(C)(C)C(F)(F)F)C(=O)N2C[C@H](Oc4nc(OC)cc5cc(OC)ccc45)C[C@H]2C(=O)N3)CC1.[HH].[HH].[HH]. The van der Waals surface area contributed by atoms with Crippen molar-refractivity contribution in [1.82, 2.24) is 25.2 Å². The number of nitrogens with one attached hydrogen (secondary N) is 3. The molecule has 7 atom stereocenters. The van der Waals surface area contributed by atoms with Gasteiger partial charge in [-0.2, -0.15) is 18.2 Å². The fourth-order valence-corrected chi connectivity index (χ4v) is 9.93. The third-order valence-electron chi connectivity index (χ3n) is 12.5. The lowest BCUT2D eigenvalue weighted by atomic mass is 10.0. The molecule has 0 spiro atoms. The lowest BCUT2D eigenvalue weighted by Gasteiger charge is -2.35. The zero-order valence-corrected chi connectivity index (χ0v) is 41.5. The number of sulfonamides is 1. The lowest BCUT2D eigenvalue weighted by molar-refractivity contribution is -0.244. The van der Waals surface area contributed by atoms with Crippen LogP contribution in [-0.4, -0.2) is 115 Å². The minimum atomic E-state index is -4.96. The summed E-state index contributed by atoms with van der Waals surface area (Å²) in [4.78, 5) is 62.8. The Bertz CT molecular complexity index is 2220. The van der Waals surface area contributed by atoms with E-state index in [1.54, 1.807) is 50.3 Å². The highest BCUT2D eigenvalue weighted by atomic mass is 32.2. The van der Waals surface area contributed by atoms with Gasteiger partial charge in [-0.15, -0.1) is 0 Å². The Morgan fingerprint density at radius 1 is 1.06 bits per heavy atom. The number of amides is 4. The van der Waals surface area contributed by atoms with Crippen molar-refractivity contribution in [2.75, 3.05) is 20.8 Å². The van der Waals surface area contributed by atoms with Crippen LogP contribution in [0.5, 0.6) is 17.5 Å². The van der Waals surface area contributed by atoms with Crippen LogP contribution in [0.3, 0.4) is 0 Å². The second kappa shape index (κ2) is 22.5. The van der Waals surface area contributed by atoms with Gasteiger partial charge in [0, 0.05) is 28.1 Å². The number of hydrogen-bond acceptors (Lipinski definition) is 12. The summed E-state index contributed by atoms with van der Waals surface area (Å²) in [6.45, 7) is 14.4. The number of benzene rings is 1. The third kappa shape index (κ3) is 12.4. The smallest absolute Gasteiger partial charge is 0.427 e. The van der Waals surface area contributed by atoms with Crippen molar-refractivity contribution in [2.24, 2.45) is 5.92 Å². The highest BCUT2D eigenvalue weighted by Gasteiger charge is 2.64. The predicted octanol–water partition coefficient (Wildman–Crippen LogP) is 8.40. The number of carbonyl (C=O) groups is 4. The first-order chi connectivity index (χ1) is 31.6. The van der Waals surface area contributed by atoms with E-state index in [4.69, 9.17) is 23.7 Å². The molecule has 16 nitrogen and oxygen atoms in total. The fraction of sp³-hybridized carbons (Fsp3) is 0.681. The maximum atomic E-state index is 15.0. The third-order valence-corrected chi connectivity index (χ3v) is 14.7. The van der Waals surface area contributed by atoms with Gasteiger partial charge in [-0.1, -0.05) is 66.5 Å². The standard InChI is InChI=1S/C43H58F3N5O11S.2C2H6.3H2/c1-8-10-17-41(18-19-41)63(56,57)50-38(54)42-23-27(42)14-12-11-13-25(3)60-32(9-2)34(48-39(55)62-40(4,5)43(44,45)46)37(53)51-24-29(22-31(51)35(52)49-42)61-36-30-16-15-28(58-6)20-26(30)21-33(47-36)59-7;2*1-2;;;/h12,14-16,20-21,25,27,29,31-32,34H,8-11,13,17-19,22-24H2,1-7H3,(H,48,55)(H,49,52)(H,50,54);2*1-2H3;3*1H/b14-12-;;;;;/t25-,27-,29-,31+,32+,34+,42-;;;;;/m1...../s1. The molecular formula is C47H76F3N5O11S. The quantitative estimate of drug-likeness (QED) is 0.162. The number of halogens is 3. The second-order valence-electron chi connectivity index (χ2n) is 17.4. The molecule has 67 heavy (non-hydrogen) atoms. The van der Waals surface area contributed by atoms with Crippen molar-refractivity contribution in [3.63, 3.8) is 0 Å². The molecule has 2 aromatic rings. The molecule has 0 radical (unpaired) electrons. The number of alkyl halides is 3. The van der Waals surface area contributed by atoms with Gasteiger partial charge in [0.05, 0.1) is 37.7 Å². The van der Waals surface area contributed by atoms with E-state index in [1.165, 1.54) is 14.2 Å². The highest BCUT2D eigenvalue weighted by molar-refractivity contribution is 7.91. The van der Waals surface area contributed by atoms with E-state index in [2.05, 4.69) is 20.3 Å². The first kappa shape index (κ1) is 54.8. The van der Waals surface area contributed by atoms with Crippen molar-refractivity contribution in [1.29, 1.82) is 0 Å². The van der Waals surface area contributed by atoms with Gasteiger partial charge < -0.3 is 39.2 Å². The van der Waals surface area contributed by atoms with Crippen LogP contribution in [0.2, 0.25) is 0 Å². The molecule has 4 aliphatic rings. The summed E-state index contributed by atoms with van der Waals surface area (Å²) in [7, 11) is -1.21. The van der Waals surface area contributed by atoms with E-state index in [0.717, 1.165) is 11.3 Å². The van der Waals surface area contributed by atoms with Crippen molar-refractivity contribution in [3.05, 3.63) is 36.4 Å². The van der Waals surface area contributed by atoms with Gasteiger partial charge >= 0.3 is 12.3 Å². The number of fused-ring (bicyclic) bond motifs is 3. The van der Waals surface area contributed by atoms with Crippen molar-refractivity contribution in [2.45, 2.75) is 179 Å².